The Kier molecular flexibility index (Phi) is 9.01. The van der Waals surface area contributed by atoms with E-state index in [1.807, 2.05) is 6.92 Å². The summed E-state index contributed by atoms with van der Waals surface area (Å²) in [6.07, 6.45) is 5.94. The summed E-state index contributed by atoms with van der Waals surface area (Å²) >= 11 is 1.21. The van der Waals surface area contributed by atoms with Gasteiger partial charge in [-0.05, 0) is 43.0 Å². The molecule has 2 rings (SSSR count). The first kappa shape index (κ1) is 22.1. The van der Waals surface area contributed by atoms with E-state index in [4.69, 9.17) is 9.73 Å². The van der Waals surface area contributed by atoms with Crippen LogP contribution in [0.2, 0.25) is 0 Å². The lowest BCUT2D eigenvalue weighted by Crippen LogP contribution is -2.42. The highest BCUT2D eigenvalue weighted by Crippen LogP contribution is 2.41. The SMILES string of the molecule is CCNC(=NCC1(CCOC)CCCC1)NCCNS(=O)(=O)c1cccs1. The Labute approximate surface area is 167 Å². The molecule has 27 heavy (non-hydrogen) atoms. The van der Waals surface area contributed by atoms with Gasteiger partial charge in [-0.2, -0.15) is 0 Å². The van der Waals surface area contributed by atoms with E-state index in [2.05, 4.69) is 15.4 Å². The molecule has 1 aromatic rings. The Balaban J connectivity index is 1.84. The molecule has 1 aliphatic carbocycles. The summed E-state index contributed by atoms with van der Waals surface area (Å²) in [6.45, 7) is 5.10. The van der Waals surface area contributed by atoms with Gasteiger partial charge in [0.25, 0.3) is 0 Å². The lowest BCUT2D eigenvalue weighted by molar-refractivity contribution is 0.141. The van der Waals surface area contributed by atoms with E-state index in [1.165, 1.54) is 37.0 Å². The van der Waals surface area contributed by atoms with Crippen molar-refractivity contribution in [1.29, 1.82) is 0 Å². The Morgan fingerprint density at radius 1 is 1.30 bits per heavy atom. The molecule has 1 aromatic heterocycles. The fourth-order valence-electron chi connectivity index (χ4n) is 3.37. The summed E-state index contributed by atoms with van der Waals surface area (Å²) in [5, 5.41) is 8.21. The van der Waals surface area contributed by atoms with Crippen molar-refractivity contribution in [3.05, 3.63) is 17.5 Å². The number of rotatable bonds is 11. The molecule has 0 spiro atoms. The van der Waals surface area contributed by atoms with Crippen LogP contribution in [-0.4, -0.2) is 54.3 Å². The van der Waals surface area contributed by atoms with Crippen molar-refractivity contribution in [2.45, 2.75) is 43.2 Å². The van der Waals surface area contributed by atoms with Crippen LogP contribution in [0.4, 0.5) is 0 Å². The van der Waals surface area contributed by atoms with Crippen LogP contribution in [0.5, 0.6) is 0 Å². The normalized spacial score (nSPS) is 17.2. The van der Waals surface area contributed by atoms with E-state index >= 15 is 0 Å². The molecule has 1 heterocycles. The van der Waals surface area contributed by atoms with Crippen LogP contribution in [0.3, 0.4) is 0 Å². The van der Waals surface area contributed by atoms with Gasteiger partial charge in [-0.3, -0.25) is 4.99 Å². The van der Waals surface area contributed by atoms with Gasteiger partial charge in [0.05, 0.1) is 0 Å². The number of sulfonamides is 1. The smallest absolute Gasteiger partial charge is 0.250 e. The van der Waals surface area contributed by atoms with Crippen LogP contribution in [0, 0.1) is 5.41 Å². The molecule has 0 saturated heterocycles. The molecule has 0 bridgehead atoms. The molecule has 3 N–H and O–H groups in total. The first-order valence-corrected chi connectivity index (χ1v) is 11.9. The average molecular weight is 417 g/mol. The Bertz CT molecular complexity index is 669. The molecule has 9 heteroatoms. The van der Waals surface area contributed by atoms with Crippen LogP contribution < -0.4 is 15.4 Å². The van der Waals surface area contributed by atoms with Crippen LogP contribution >= 0.6 is 11.3 Å². The molecule has 0 amide bonds. The largest absolute Gasteiger partial charge is 0.385 e. The number of aliphatic imine (C=N–C) groups is 1. The van der Waals surface area contributed by atoms with Crippen molar-refractivity contribution in [2.75, 3.05) is 39.9 Å². The van der Waals surface area contributed by atoms with E-state index in [1.54, 1.807) is 24.6 Å². The van der Waals surface area contributed by atoms with Gasteiger partial charge in [-0.15, -0.1) is 11.3 Å². The summed E-state index contributed by atoms with van der Waals surface area (Å²) in [5.41, 5.74) is 0.235. The second-order valence-electron chi connectivity index (χ2n) is 6.90. The maximum Gasteiger partial charge on any atom is 0.250 e. The molecule has 7 nitrogen and oxygen atoms in total. The van der Waals surface area contributed by atoms with Crippen LogP contribution in [0.25, 0.3) is 0 Å². The molecule has 0 aliphatic heterocycles. The van der Waals surface area contributed by atoms with Gasteiger partial charge in [-0.25, -0.2) is 13.1 Å². The molecule has 1 aliphatic rings. The van der Waals surface area contributed by atoms with Crippen molar-refractivity contribution in [3.63, 3.8) is 0 Å². The average Bonchev–Trinajstić information content (AvgIpc) is 3.34. The minimum atomic E-state index is -3.42. The van der Waals surface area contributed by atoms with Gasteiger partial charge in [-0.1, -0.05) is 18.9 Å². The summed E-state index contributed by atoms with van der Waals surface area (Å²) in [7, 11) is -1.67. The Hall–Kier alpha value is -1.16. The molecular formula is C18H32N4O3S2. The zero-order valence-corrected chi connectivity index (χ0v) is 17.9. The third-order valence-corrected chi connectivity index (χ3v) is 7.75. The lowest BCUT2D eigenvalue weighted by atomic mass is 9.83. The molecule has 0 atom stereocenters. The number of nitrogens with one attached hydrogen (secondary N) is 3. The van der Waals surface area contributed by atoms with Crippen LogP contribution in [0.1, 0.15) is 39.0 Å². The van der Waals surface area contributed by atoms with Crippen molar-refractivity contribution in [2.24, 2.45) is 10.4 Å². The predicted molar refractivity (Wildman–Crippen MR) is 111 cm³/mol. The standard InChI is InChI=1S/C18H32N4O3S2/c1-3-19-17(21-15-18(10-13-25-2)8-4-5-9-18)20-11-12-22-27(23,24)16-7-6-14-26-16/h6-7,14,22H,3-5,8-13,15H2,1-2H3,(H2,19,20,21). The number of thiophene rings is 1. The number of ether oxygens (including phenoxy) is 1. The number of methoxy groups -OCH3 is 1. The number of nitrogens with zero attached hydrogens (tertiary/aromatic N) is 1. The van der Waals surface area contributed by atoms with Crippen LogP contribution in [0.15, 0.2) is 26.7 Å². The third-order valence-electron chi connectivity index (χ3n) is 4.89. The van der Waals surface area contributed by atoms with Gasteiger partial charge >= 0.3 is 0 Å². The predicted octanol–water partition coefficient (Wildman–Crippen LogP) is 2.18. The molecule has 0 aromatic carbocycles. The second-order valence-corrected chi connectivity index (χ2v) is 9.84. The Morgan fingerprint density at radius 2 is 2.07 bits per heavy atom. The molecule has 0 unspecified atom stereocenters. The maximum absolute atomic E-state index is 12.1. The van der Waals surface area contributed by atoms with Crippen molar-refractivity contribution in [3.8, 4) is 0 Å². The summed E-state index contributed by atoms with van der Waals surface area (Å²) < 4.78 is 32.5. The van der Waals surface area contributed by atoms with Gasteiger partial charge < -0.3 is 15.4 Å². The minimum absolute atomic E-state index is 0.235. The lowest BCUT2D eigenvalue weighted by Gasteiger charge is -2.27. The molecule has 154 valence electrons. The Morgan fingerprint density at radius 3 is 2.70 bits per heavy atom. The van der Waals surface area contributed by atoms with Crippen molar-refractivity contribution in [1.82, 2.24) is 15.4 Å². The molecule has 0 radical (unpaired) electrons. The molecular weight excluding hydrogens is 384 g/mol. The number of hydrogen-bond donors (Lipinski definition) is 3. The third kappa shape index (κ3) is 7.06. The van der Waals surface area contributed by atoms with E-state index in [0.717, 1.165) is 32.1 Å². The van der Waals surface area contributed by atoms with Gasteiger partial charge in [0.15, 0.2) is 5.96 Å². The topological polar surface area (TPSA) is 91.8 Å². The summed E-state index contributed by atoms with van der Waals surface area (Å²) in [5.74, 6) is 0.733. The first-order valence-electron chi connectivity index (χ1n) is 9.56. The quantitative estimate of drug-likeness (QED) is 0.292. The summed E-state index contributed by atoms with van der Waals surface area (Å²) in [4.78, 5) is 4.77. The van der Waals surface area contributed by atoms with Crippen molar-refractivity contribution < 1.29 is 13.2 Å². The maximum atomic E-state index is 12.1. The van der Waals surface area contributed by atoms with E-state index in [9.17, 15) is 8.42 Å². The van der Waals surface area contributed by atoms with Gasteiger partial charge in [0.1, 0.15) is 4.21 Å². The number of guanidine groups is 1. The monoisotopic (exact) mass is 416 g/mol. The van der Waals surface area contributed by atoms with E-state index in [-0.39, 0.29) is 5.41 Å². The highest BCUT2D eigenvalue weighted by Gasteiger charge is 2.33. The minimum Gasteiger partial charge on any atom is -0.385 e. The summed E-state index contributed by atoms with van der Waals surface area (Å²) in [6, 6.07) is 3.34. The van der Waals surface area contributed by atoms with Crippen molar-refractivity contribution >= 4 is 27.3 Å². The molecule has 1 fully saturated rings. The number of hydrogen-bond acceptors (Lipinski definition) is 5. The van der Waals surface area contributed by atoms with E-state index in [0.29, 0.717) is 17.3 Å². The first-order chi connectivity index (χ1) is 13.0. The van der Waals surface area contributed by atoms with E-state index < -0.39 is 10.0 Å². The fraction of sp³-hybridized carbons (Fsp3) is 0.722. The van der Waals surface area contributed by atoms with Gasteiger partial charge in [0.2, 0.25) is 10.0 Å². The zero-order chi connectivity index (χ0) is 19.6. The zero-order valence-electron chi connectivity index (χ0n) is 16.3. The highest BCUT2D eigenvalue weighted by molar-refractivity contribution is 7.91. The van der Waals surface area contributed by atoms with Crippen LogP contribution in [-0.2, 0) is 14.8 Å². The highest BCUT2D eigenvalue weighted by atomic mass is 32.2. The second kappa shape index (κ2) is 11.0. The fourth-order valence-corrected chi connectivity index (χ4v) is 5.44. The molecule has 1 saturated carbocycles. The van der Waals surface area contributed by atoms with Gasteiger partial charge in [0, 0.05) is 39.9 Å².